The SMILES string of the molecule is CCOCCN(CC)C(=O)C1CNCCO1. The summed E-state index contributed by atoms with van der Waals surface area (Å²) in [5.41, 5.74) is 0. The van der Waals surface area contributed by atoms with Gasteiger partial charge in [0.1, 0.15) is 6.10 Å². The van der Waals surface area contributed by atoms with Gasteiger partial charge in [0.15, 0.2) is 0 Å². The highest BCUT2D eigenvalue weighted by molar-refractivity contribution is 5.81. The van der Waals surface area contributed by atoms with Crippen LogP contribution in [0.1, 0.15) is 13.8 Å². The summed E-state index contributed by atoms with van der Waals surface area (Å²) in [6.45, 7) is 8.60. The number of likely N-dealkylation sites (N-methyl/N-ethyl adjacent to an activating group) is 1. The predicted octanol–water partition coefficient (Wildman–Crippen LogP) is -0.140. The summed E-state index contributed by atoms with van der Waals surface area (Å²) < 4.78 is 10.7. The Morgan fingerprint density at radius 2 is 2.38 bits per heavy atom. The van der Waals surface area contributed by atoms with Crippen LogP contribution in [-0.4, -0.2) is 62.9 Å². The number of morpholine rings is 1. The fourth-order valence-corrected chi connectivity index (χ4v) is 1.67. The molecule has 1 fully saturated rings. The van der Waals surface area contributed by atoms with Crippen LogP contribution in [0, 0.1) is 0 Å². The number of hydrogen-bond acceptors (Lipinski definition) is 4. The number of carbonyl (C=O) groups excluding carboxylic acids is 1. The van der Waals surface area contributed by atoms with E-state index in [9.17, 15) is 4.79 Å². The van der Waals surface area contributed by atoms with Gasteiger partial charge >= 0.3 is 0 Å². The predicted molar refractivity (Wildman–Crippen MR) is 61.4 cm³/mol. The van der Waals surface area contributed by atoms with Crippen molar-refractivity contribution in [1.29, 1.82) is 0 Å². The van der Waals surface area contributed by atoms with Crippen LogP contribution in [0.15, 0.2) is 0 Å². The quantitative estimate of drug-likeness (QED) is 0.645. The lowest BCUT2D eigenvalue weighted by molar-refractivity contribution is -0.145. The van der Waals surface area contributed by atoms with E-state index >= 15 is 0 Å². The zero-order valence-corrected chi connectivity index (χ0v) is 10.2. The van der Waals surface area contributed by atoms with Gasteiger partial charge in [0.2, 0.25) is 0 Å². The molecule has 1 N–H and O–H groups in total. The molecular formula is C11H22N2O3. The molecule has 16 heavy (non-hydrogen) atoms. The van der Waals surface area contributed by atoms with Crippen molar-refractivity contribution >= 4 is 5.91 Å². The Kier molecular flexibility index (Phi) is 6.37. The first-order valence-electron chi connectivity index (χ1n) is 5.98. The van der Waals surface area contributed by atoms with Crippen molar-refractivity contribution in [1.82, 2.24) is 10.2 Å². The van der Waals surface area contributed by atoms with Gasteiger partial charge in [-0.15, -0.1) is 0 Å². The Morgan fingerprint density at radius 3 is 2.94 bits per heavy atom. The zero-order chi connectivity index (χ0) is 11.8. The third kappa shape index (κ3) is 4.08. The molecule has 1 aliphatic heterocycles. The fraction of sp³-hybridized carbons (Fsp3) is 0.909. The molecule has 1 atom stereocenters. The Morgan fingerprint density at radius 1 is 1.56 bits per heavy atom. The smallest absolute Gasteiger partial charge is 0.253 e. The Balaban J connectivity index is 2.35. The van der Waals surface area contributed by atoms with E-state index in [1.54, 1.807) is 4.90 Å². The van der Waals surface area contributed by atoms with Gasteiger partial charge in [-0.2, -0.15) is 0 Å². The first kappa shape index (κ1) is 13.4. The van der Waals surface area contributed by atoms with Crippen LogP contribution in [0.5, 0.6) is 0 Å². The van der Waals surface area contributed by atoms with Gasteiger partial charge in [0, 0.05) is 32.8 Å². The fourth-order valence-electron chi connectivity index (χ4n) is 1.67. The number of amides is 1. The molecule has 5 nitrogen and oxygen atoms in total. The number of hydrogen-bond donors (Lipinski definition) is 1. The molecule has 0 aliphatic carbocycles. The van der Waals surface area contributed by atoms with Crippen molar-refractivity contribution in [3.63, 3.8) is 0 Å². The number of nitrogens with one attached hydrogen (secondary N) is 1. The average Bonchev–Trinajstić information content (AvgIpc) is 2.35. The zero-order valence-electron chi connectivity index (χ0n) is 10.2. The van der Waals surface area contributed by atoms with Gasteiger partial charge in [-0.3, -0.25) is 4.79 Å². The molecule has 1 amide bonds. The summed E-state index contributed by atoms with van der Waals surface area (Å²) >= 11 is 0. The number of carbonyl (C=O) groups is 1. The summed E-state index contributed by atoms with van der Waals surface area (Å²) in [7, 11) is 0. The third-order valence-corrected chi connectivity index (χ3v) is 2.61. The number of ether oxygens (including phenoxy) is 2. The molecule has 1 saturated heterocycles. The average molecular weight is 230 g/mol. The topological polar surface area (TPSA) is 50.8 Å². The van der Waals surface area contributed by atoms with E-state index in [1.165, 1.54) is 0 Å². The monoisotopic (exact) mass is 230 g/mol. The molecule has 1 rings (SSSR count). The van der Waals surface area contributed by atoms with E-state index in [0.717, 1.165) is 6.54 Å². The highest BCUT2D eigenvalue weighted by atomic mass is 16.5. The molecule has 1 heterocycles. The summed E-state index contributed by atoms with van der Waals surface area (Å²) in [4.78, 5) is 13.8. The molecule has 0 saturated carbocycles. The molecule has 5 heteroatoms. The van der Waals surface area contributed by atoms with E-state index in [0.29, 0.717) is 39.5 Å². The summed E-state index contributed by atoms with van der Waals surface area (Å²) in [6, 6.07) is 0. The van der Waals surface area contributed by atoms with E-state index in [2.05, 4.69) is 5.32 Å². The van der Waals surface area contributed by atoms with Crippen molar-refractivity contribution in [2.45, 2.75) is 20.0 Å². The third-order valence-electron chi connectivity index (χ3n) is 2.61. The lowest BCUT2D eigenvalue weighted by Gasteiger charge is -2.29. The van der Waals surface area contributed by atoms with Gasteiger partial charge < -0.3 is 19.7 Å². The van der Waals surface area contributed by atoms with Gasteiger partial charge in [-0.1, -0.05) is 0 Å². The highest BCUT2D eigenvalue weighted by Crippen LogP contribution is 2.02. The Bertz CT molecular complexity index is 205. The van der Waals surface area contributed by atoms with E-state index in [1.807, 2.05) is 13.8 Å². The van der Waals surface area contributed by atoms with Crippen molar-refractivity contribution < 1.29 is 14.3 Å². The lowest BCUT2D eigenvalue weighted by Crippen LogP contribution is -2.50. The van der Waals surface area contributed by atoms with Crippen LogP contribution in [0.3, 0.4) is 0 Å². The highest BCUT2D eigenvalue weighted by Gasteiger charge is 2.25. The van der Waals surface area contributed by atoms with Crippen molar-refractivity contribution in [2.75, 3.05) is 46.0 Å². The van der Waals surface area contributed by atoms with E-state index in [4.69, 9.17) is 9.47 Å². The second kappa shape index (κ2) is 7.60. The molecule has 0 spiro atoms. The van der Waals surface area contributed by atoms with Crippen LogP contribution in [0.2, 0.25) is 0 Å². The Hall–Kier alpha value is -0.650. The minimum atomic E-state index is -0.324. The second-order valence-corrected chi connectivity index (χ2v) is 3.68. The molecule has 1 aliphatic rings. The van der Waals surface area contributed by atoms with Crippen LogP contribution in [0.25, 0.3) is 0 Å². The minimum absolute atomic E-state index is 0.0643. The van der Waals surface area contributed by atoms with Gasteiger partial charge in [0.25, 0.3) is 5.91 Å². The second-order valence-electron chi connectivity index (χ2n) is 3.68. The maximum atomic E-state index is 12.0. The summed E-state index contributed by atoms with van der Waals surface area (Å²) in [6.07, 6.45) is -0.324. The van der Waals surface area contributed by atoms with Crippen molar-refractivity contribution in [3.8, 4) is 0 Å². The number of nitrogens with zero attached hydrogens (tertiary/aromatic N) is 1. The maximum Gasteiger partial charge on any atom is 0.253 e. The maximum absolute atomic E-state index is 12.0. The van der Waals surface area contributed by atoms with Crippen LogP contribution in [0.4, 0.5) is 0 Å². The molecule has 0 radical (unpaired) electrons. The summed E-state index contributed by atoms with van der Waals surface area (Å²) in [5, 5.41) is 3.16. The van der Waals surface area contributed by atoms with Gasteiger partial charge in [-0.25, -0.2) is 0 Å². The largest absolute Gasteiger partial charge is 0.380 e. The molecule has 0 bridgehead atoms. The molecule has 94 valence electrons. The molecule has 0 aromatic rings. The molecule has 0 aromatic carbocycles. The normalized spacial score (nSPS) is 20.8. The first-order chi connectivity index (χ1) is 7.79. The lowest BCUT2D eigenvalue weighted by atomic mass is 10.2. The number of rotatable bonds is 6. The molecule has 0 aromatic heterocycles. The standard InChI is InChI=1S/C11H22N2O3/c1-3-13(6-8-15-4-2)11(14)10-9-12-5-7-16-10/h10,12H,3-9H2,1-2H3. The molecular weight excluding hydrogens is 208 g/mol. The molecule has 1 unspecified atom stereocenters. The van der Waals surface area contributed by atoms with Gasteiger partial charge in [0.05, 0.1) is 13.2 Å². The van der Waals surface area contributed by atoms with Crippen molar-refractivity contribution in [2.24, 2.45) is 0 Å². The minimum Gasteiger partial charge on any atom is -0.380 e. The van der Waals surface area contributed by atoms with Crippen molar-refractivity contribution in [3.05, 3.63) is 0 Å². The summed E-state index contributed by atoms with van der Waals surface area (Å²) in [5.74, 6) is 0.0643. The van der Waals surface area contributed by atoms with Crippen LogP contribution in [-0.2, 0) is 14.3 Å². The van der Waals surface area contributed by atoms with Crippen LogP contribution >= 0.6 is 0 Å². The van der Waals surface area contributed by atoms with E-state index < -0.39 is 0 Å². The van der Waals surface area contributed by atoms with Gasteiger partial charge in [-0.05, 0) is 13.8 Å². The van der Waals surface area contributed by atoms with E-state index in [-0.39, 0.29) is 12.0 Å². The van der Waals surface area contributed by atoms with Crippen LogP contribution < -0.4 is 5.32 Å². The first-order valence-corrected chi connectivity index (χ1v) is 5.98. The Labute approximate surface area is 97.1 Å².